The standard InChI is InChI=1S/C18H17FN2O/c1-2-12-6-8-13(9-7-12)17(22)18-20-11-16(21-18)14-4-3-5-15(19)10-14/h3-11,17,22H,2H2,1H3,(H,20,21). The van der Waals surface area contributed by atoms with Gasteiger partial charge in [-0.3, -0.25) is 0 Å². The highest BCUT2D eigenvalue weighted by atomic mass is 19.1. The molecule has 0 bridgehead atoms. The molecule has 4 heteroatoms. The second-order valence-electron chi connectivity index (χ2n) is 5.19. The Morgan fingerprint density at radius 1 is 1.18 bits per heavy atom. The normalized spacial score (nSPS) is 12.3. The number of rotatable bonds is 4. The minimum atomic E-state index is -0.826. The highest BCUT2D eigenvalue weighted by molar-refractivity contribution is 5.58. The fourth-order valence-corrected chi connectivity index (χ4v) is 2.37. The molecule has 3 aromatic rings. The van der Waals surface area contributed by atoms with Crippen LogP contribution in [0.5, 0.6) is 0 Å². The van der Waals surface area contributed by atoms with E-state index in [0.29, 0.717) is 17.1 Å². The van der Waals surface area contributed by atoms with E-state index in [1.807, 2.05) is 24.3 Å². The Balaban J connectivity index is 1.86. The van der Waals surface area contributed by atoms with E-state index in [2.05, 4.69) is 16.9 Å². The number of halogens is 1. The minimum absolute atomic E-state index is 0.302. The van der Waals surface area contributed by atoms with Crippen LogP contribution in [0.4, 0.5) is 4.39 Å². The number of aromatic amines is 1. The van der Waals surface area contributed by atoms with Crippen molar-refractivity contribution in [2.45, 2.75) is 19.4 Å². The third-order valence-electron chi connectivity index (χ3n) is 3.69. The number of hydrogen-bond donors (Lipinski definition) is 2. The Kier molecular flexibility index (Phi) is 4.02. The molecule has 0 aliphatic rings. The van der Waals surface area contributed by atoms with Crippen molar-refractivity contribution < 1.29 is 9.50 Å². The Morgan fingerprint density at radius 3 is 2.64 bits per heavy atom. The summed E-state index contributed by atoms with van der Waals surface area (Å²) in [5, 5.41) is 10.4. The van der Waals surface area contributed by atoms with Gasteiger partial charge in [-0.25, -0.2) is 9.37 Å². The SMILES string of the molecule is CCc1ccc(C(O)c2ncc(-c3cccc(F)c3)[nH]2)cc1. The van der Waals surface area contributed by atoms with E-state index in [1.54, 1.807) is 18.3 Å². The van der Waals surface area contributed by atoms with Crippen LogP contribution < -0.4 is 0 Å². The van der Waals surface area contributed by atoms with Crippen molar-refractivity contribution >= 4 is 0 Å². The van der Waals surface area contributed by atoms with Crippen LogP contribution in [0.15, 0.2) is 54.7 Å². The predicted octanol–water partition coefficient (Wildman–Crippen LogP) is 3.86. The summed E-state index contributed by atoms with van der Waals surface area (Å²) in [7, 11) is 0. The van der Waals surface area contributed by atoms with Gasteiger partial charge < -0.3 is 10.1 Å². The molecule has 0 aliphatic heterocycles. The number of hydrogen-bond acceptors (Lipinski definition) is 2. The van der Waals surface area contributed by atoms with Crippen molar-refractivity contribution in [1.29, 1.82) is 0 Å². The summed E-state index contributed by atoms with van der Waals surface area (Å²) >= 11 is 0. The van der Waals surface area contributed by atoms with Gasteiger partial charge in [0.05, 0.1) is 11.9 Å². The molecule has 0 aliphatic carbocycles. The summed E-state index contributed by atoms with van der Waals surface area (Å²) in [6.07, 6.45) is 1.74. The maximum absolute atomic E-state index is 13.3. The second kappa shape index (κ2) is 6.12. The van der Waals surface area contributed by atoms with Crippen molar-refractivity contribution in [3.63, 3.8) is 0 Å². The van der Waals surface area contributed by atoms with E-state index in [4.69, 9.17) is 0 Å². The summed E-state index contributed by atoms with van der Waals surface area (Å²) in [5.74, 6) is 0.146. The summed E-state index contributed by atoms with van der Waals surface area (Å²) in [6, 6.07) is 14.0. The number of aliphatic hydroxyl groups is 1. The molecule has 1 unspecified atom stereocenters. The number of benzene rings is 2. The number of aromatic nitrogens is 2. The third kappa shape index (κ3) is 2.92. The number of nitrogens with one attached hydrogen (secondary N) is 1. The summed E-state index contributed by atoms with van der Waals surface area (Å²) < 4.78 is 13.3. The first kappa shape index (κ1) is 14.5. The molecule has 0 fully saturated rings. The first-order chi connectivity index (χ1) is 10.7. The van der Waals surface area contributed by atoms with Gasteiger partial charge in [-0.15, -0.1) is 0 Å². The van der Waals surface area contributed by atoms with Gasteiger partial charge >= 0.3 is 0 Å². The molecule has 0 amide bonds. The lowest BCUT2D eigenvalue weighted by molar-refractivity contribution is 0.211. The molecule has 1 aromatic heterocycles. The van der Waals surface area contributed by atoms with Crippen molar-refractivity contribution in [2.75, 3.05) is 0 Å². The molecule has 1 atom stereocenters. The van der Waals surface area contributed by atoms with Crippen LogP contribution in [-0.2, 0) is 6.42 Å². The molecule has 0 saturated carbocycles. The highest BCUT2D eigenvalue weighted by Gasteiger charge is 2.14. The van der Waals surface area contributed by atoms with Gasteiger partial charge in [-0.05, 0) is 29.7 Å². The van der Waals surface area contributed by atoms with E-state index in [-0.39, 0.29) is 5.82 Å². The molecule has 0 spiro atoms. The lowest BCUT2D eigenvalue weighted by Crippen LogP contribution is -2.02. The maximum Gasteiger partial charge on any atom is 0.140 e. The average Bonchev–Trinajstić information content (AvgIpc) is 3.04. The Labute approximate surface area is 128 Å². The summed E-state index contributed by atoms with van der Waals surface area (Å²) in [6.45, 7) is 2.09. The number of aliphatic hydroxyl groups excluding tert-OH is 1. The molecular formula is C18H17FN2O. The van der Waals surface area contributed by atoms with E-state index in [9.17, 15) is 9.50 Å². The van der Waals surface area contributed by atoms with Gasteiger partial charge in [0, 0.05) is 5.56 Å². The van der Waals surface area contributed by atoms with Crippen LogP contribution in [-0.4, -0.2) is 15.1 Å². The monoisotopic (exact) mass is 296 g/mol. The van der Waals surface area contributed by atoms with Crippen LogP contribution in [0.25, 0.3) is 11.3 Å². The number of nitrogens with zero attached hydrogens (tertiary/aromatic N) is 1. The van der Waals surface area contributed by atoms with E-state index in [0.717, 1.165) is 12.0 Å². The van der Waals surface area contributed by atoms with Crippen LogP contribution in [0.3, 0.4) is 0 Å². The van der Waals surface area contributed by atoms with Crippen LogP contribution in [0, 0.1) is 5.82 Å². The topological polar surface area (TPSA) is 48.9 Å². The number of aryl methyl sites for hydroxylation is 1. The van der Waals surface area contributed by atoms with Crippen molar-refractivity contribution in [3.05, 3.63) is 77.5 Å². The fourth-order valence-electron chi connectivity index (χ4n) is 2.37. The molecule has 112 valence electrons. The van der Waals surface area contributed by atoms with Crippen LogP contribution >= 0.6 is 0 Å². The smallest absolute Gasteiger partial charge is 0.140 e. The van der Waals surface area contributed by atoms with Gasteiger partial charge in [0.1, 0.15) is 17.7 Å². The Hall–Kier alpha value is -2.46. The maximum atomic E-state index is 13.3. The number of imidazole rings is 1. The predicted molar refractivity (Wildman–Crippen MR) is 83.9 cm³/mol. The Bertz CT molecular complexity index is 765. The molecule has 2 aromatic carbocycles. The van der Waals surface area contributed by atoms with E-state index < -0.39 is 6.10 Å². The quantitative estimate of drug-likeness (QED) is 0.768. The largest absolute Gasteiger partial charge is 0.380 e. The summed E-state index contributed by atoms with van der Waals surface area (Å²) in [5.41, 5.74) is 3.37. The Morgan fingerprint density at radius 2 is 1.95 bits per heavy atom. The zero-order valence-corrected chi connectivity index (χ0v) is 12.3. The first-order valence-electron chi connectivity index (χ1n) is 7.25. The van der Waals surface area contributed by atoms with Gasteiger partial charge in [0.15, 0.2) is 0 Å². The zero-order chi connectivity index (χ0) is 15.5. The molecule has 3 rings (SSSR count). The lowest BCUT2D eigenvalue weighted by Gasteiger charge is -2.09. The molecule has 3 nitrogen and oxygen atoms in total. The molecule has 2 N–H and O–H groups in total. The van der Waals surface area contributed by atoms with Crippen LogP contribution in [0.2, 0.25) is 0 Å². The van der Waals surface area contributed by atoms with Gasteiger partial charge in [-0.1, -0.05) is 43.3 Å². The van der Waals surface area contributed by atoms with E-state index in [1.165, 1.54) is 17.7 Å². The fraction of sp³-hybridized carbons (Fsp3) is 0.167. The van der Waals surface area contributed by atoms with Crippen LogP contribution in [0.1, 0.15) is 30.0 Å². The highest BCUT2D eigenvalue weighted by Crippen LogP contribution is 2.24. The molecular weight excluding hydrogens is 279 g/mol. The van der Waals surface area contributed by atoms with Gasteiger partial charge in [0.25, 0.3) is 0 Å². The summed E-state index contributed by atoms with van der Waals surface area (Å²) in [4.78, 5) is 7.27. The average molecular weight is 296 g/mol. The van der Waals surface area contributed by atoms with E-state index >= 15 is 0 Å². The van der Waals surface area contributed by atoms with Crippen molar-refractivity contribution in [1.82, 2.24) is 9.97 Å². The van der Waals surface area contributed by atoms with Crippen molar-refractivity contribution in [2.24, 2.45) is 0 Å². The second-order valence-corrected chi connectivity index (χ2v) is 5.19. The molecule has 0 saturated heterocycles. The first-order valence-corrected chi connectivity index (χ1v) is 7.25. The lowest BCUT2D eigenvalue weighted by atomic mass is 10.1. The van der Waals surface area contributed by atoms with Gasteiger partial charge in [0.2, 0.25) is 0 Å². The van der Waals surface area contributed by atoms with Crippen molar-refractivity contribution in [3.8, 4) is 11.3 Å². The van der Waals surface area contributed by atoms with Gasteiger partial charge in [-0.2, -0.15) is 0 Å². The third-order valence-corrected chi connectivity index (χ3v) is 3.69. The number of H-pyrrole nitrogens is 1. The zero-order valence-electron chi connectivity index (χ0n) is 12.3. The minimum Gasteiger partial charge on any atom is -0.380 e. The molecule has 22 heavy (non-hydrogen) atoms. The molecule has 0 radical (unpaired) electrons. The molecule has 1 heterocycles.